The van der Waals surface area contributed by atoms with E-state index in [2.05, 4.69) is 31.9 Å². The van der Waals surface area contributed by atoms with Gasteiger partial charge in [0.25, 0.3) is 0 Å². The molecule has 0 aliphatic carbocycles. The van der Waals surface area contributed by atoms with Crippen LogP contribution in [0.2, 0.25) is 0 Å². The van der Waals surface area contributed by atoms with Crippen LogP contribution in [-0.2, 0) is 12.0 Å². The van der Waals surface area contributed by atoms with E-state index in [1.165, 1.54) is 12.1 Å². The molecule has 2 rings (SSSR count). The molecule has 100 valence electrons. The van der Waals surface area contributed by atoms with Crippen LogP contribution in [0.25, 0.3) is 0 Å². The summed E-state index contributed by atoms with van der Waals surface area (Å²) in [5, 5.41) is 0. The van der Waals surface area contributed by atoms with Gasteiger partial charge in [0.2, 0.25) is 0 Å². The van der Waals surface area contributed by atoms with Gasteiger partial charge in [0.15, 0.2) is 0 Å². The minimum atomic E-state index is -0.499. The van der Waals surface area contributed by atoms with Crippen molar-refractivity contribution < 1.29 is 4.39 Å². The lowest BCUT2D eigenvalue weighted by atomic mass is 9.87. The van der Waals surface area contributed by atoms with Crippen LogP contribution in [0.15, 0.2) is 51.4 Å². The predicted octanol–water partition coefficient (Wildman–Crippen LogP) is 4.77. The maximum atomic E-state index is 13.1. The zero-order valence-electron chi connectivity index (χ0n) is 10.5. The van der Waals surface area contributed by atoms with Crippen LogP contribution >= 0.6 is 31.9 Å². The van der Waals surface area contributed by atoms with Gasteiger partial charge in [0.05, 0.1) is 0 Å². The second kappa shape index (κ2) is 5.73. The van der Waals surface area contributed by atoms with Gasteiger partial charge < -0.3 is 5.73 Å². The van der Waals surface area contributed by atoms with Crippen LogP contribution < -0.4 is 5.73 Å². The third-order valence-corrected chi connectivity index (χ3v) is 4.34. The van der Waals surface area contributed by atoms with Gasteiger partial charge in [-0.1, -0.05) is 50.1 Å². The summed E-state index contributed by atoms with van der Waals surface area (Å²) in [6.45, 7) is 1.98. The molecule has 19 heavy (non-hydrogen) atoms. The molecular weight excluding hydrogens is 373 g/mol. The van der Waals surface area contributed by atoms with Crippen molar-refractivity contribution in [1.82, 2.24) is 0 Å². The Hall–Kier alpha value is -0.710. The van der Waals surface area contributed by atoms with Crippen molar-refractivity contribution in [3.8, 4) is 0 Å². The molecule has 0 aromatic heterocycles. The highest BCUT2D eigenvalue weighted by molar-refractivity contribution is 9.10. The lowest BCUT2D eigenvalue weighted by Crippen LogP contribution is -2.35. The molecule has 0 amide bonds. The Morgan fingerprint density at radius 1 is 1.11 bits per heavy atom. The van der Waals surface area contributed by atoms with Crippen molar-refractivity contribution in [3.05, 3.63) is 68.4 Å². The van der Waals surface area contributed by atoms with E-state index in [-0.39, 0.29) is 5.82 Å². The van der Waals surface area contributed by atoms with Crippen LogP contribution in [0.5, 0.6) is 0 Å². The fraction of sp³-hybridized carbons (Fsp3) is 0.200. The van der Waals surface area contributed by atoms with Crippen molar-refractivity contribution >= 4 is 31.9 Å². The maximum absolute atomic E-state index is 13.1. The van der Waals surface area contributed by atoms with E-state index in [1.54, 1.807) is 6.07 Å². The van der Waals surface area contributed by atoms with Gasteiger partial charge in [-0.2, -0.15) is 0 Å². The van der Waals surface area contributed by atoms with Crippen molar-refractivity contribution in [2.24, 2.45) is 5.73 Å². The normalized spacial score (nSPS) is 14.2. The van der Waals surface area contributed by atoms with E-state index >= 15 is 0 Å². The molecule has 0 radical (unpaired) electrons. The van der Waals surface area contributed by atoms with Gasteiger partial charge in [-0.25, -0.2) is 4.39 Å². The Kier molecular flexibility index (Phi) is 4.43. The van der Waals surface area contributed by atoms with Crippen molar-refractivity contribution in [3.63, 3.8) is 0 Å². The van der Waals surface area contributed by atoms with Gasteiger partial charge in [-0.05, 0) is 48.7 Å². The van der Waals surface area contributed by atoms with Crippen LogP contribution in [0.1, 0.15) is 18.1 Å². The summed E-state index contributed by atoms with van der Waals surface area (Å²) < 4.78 is 14.9. The molecule has 2 N–H and O–H groups in total. The monoisotopic (exact) mass is 385 g/mol. The molecule has 0 heterocycles. The topological polar surface area (TPSA) is 26.0 Å². The first-order chi connectivity index (χ1) is 8.88. The highest BCUT2D eigenvalue weighted by atomic mass is 79.9. The van der Waals surface area contributed by atoms with Gasteiger partial charge in [-0.3, -0.25) is 0 Å². The van der Waals surface area contributed by atoms with E-state index in [0.717, 1.165) is 20.1 Å². The minimum absolute atomic E-state index is 0.252. The SMILES string of the molecule is CC(N)(Cc1ccc(F)cc1Br)c1ccc(Br)cc1. The summed E-state index contributed by atoms with van der Waals surface area (Å²) >= 11 is 6.79. The summed E-state index contributed by atoms with van der Waals surface area (Å²) in [6, 6.07) is 12.6. The van der Waals surface area contributed by atoms with Crippen molar-refractivity contribution in [1.29, 1.82) is 0 Å². The molecule has 0 bridgehead atoms. The van der Waals surface area contributed by atoms with Crippen molar-refractivity contribution in [2.75, 3.05) is 0 Å². The van der Waals surface area contributed by atoms with Crippen LogP contribution in [0, 0.1) is 5.82 Å². The molecule has 1 unspecified atom stereocenters. The number of benzene rings is 2. The largest absolute Gasteiger partial charge is 0.321 e. The first-order valence-corrected chi connectivity index (χ1v) is 7.46. The predicted molar refractivity (Wildman–Crippen MR) is 83.5 cm³/mol. The van der Waals surface area contributed by atoms with Crippen LogP contribution in [0.4, 0.5) is 4.39 Å². The lowest BCUT2D eigenvalue weighted by molar-refractivity contribution is 0.489. The Morgan fingerprint density at radius 2 is 1.74 bits per heavy atom. The summed E-state index contributed by atoms with van der Waals surface area (Å²) in [5.41, 5.74) is 7.94. The second-order valence-electron chi connectivity index (χ2n) is 4.84. The number of rotatable bonds is 3. The van der Waals surface area contributed by atoms with Crippen molar-refractivity contribution in [2.45, 2.75) is 18.9 Å². The highest BCUT2D eigenvalue weighted by Crippen LogP contribution is 2.28. The number of nitrogens with two attached hydrogens (primary N) is 1. The molecule has 1 atom stereocenters. The van der Waals surface area contributed by atoms with E-state index in [4.69, 9.17) is 5.73 Å². The molecule has 4 heteroatoms. The molecule has 0 saturated heterocycles. The average Bonchev–Trinajstić information content (AvgIpc) is 2.33. The van der Waals surface area contributed by atoms with Gasteiger partial charge in [0, 0.05) is 14.5 Å². The lowest BCUT2D eigenvalue weighted by Gasteiger charge is -2.26. The third kappa shape index (κ3) is 3.65. The zero-order chi connectivity index (χ0) is 14.0. The third-order valence-electron chi connectivity index (χ3n) is 3.08. The Bertz CT molecular complexity index is 579. The molecule has 2 aromatic rings. The van der Waals surface area contributed by atoms with Gasteiger partial charge in [0.1, 0.15) is 5.82 Å². The summed E-state index contributed by atoms with van der Waals surface area (Å²) in [7, 11) is 0. The standard InChI is InChI=1S/C15H14Br2FN/c1-15(19,11-3-5-12(16)6-4-11)9-10-2-7-13(18)8-14(10)17/h2-8H,9,19H2,1H3. The summed E-state index contributed by atoms with van der Waals surface area (Å²) in [6.07, 6.45) is 0.634. The molecule has 0 saturated carbocycles. The smallest absolute Gasteiger partial charge is 0.124 e. The maximum Gasteiger partial charge on any atom is 0.124 e. The Labute approximate surface area is 129 Å². The molecule has 0 spiro atoms. The van der Waals surface area contributed by atoms with Gasteiger partial charge in [-0.15, -0.1) is 0 Å². The fourth-order valence-corrected chi connectivity index (χ4v) is 2.75. The molecular formula is C15H14Br2FN. The zero-order valence-corrected chi connectivity index (χ0v) is 13.6. The summed E-state index contributed by atoms with van der Waals surface area (Å²) in [5.74, 6) is -0.252. The number of hydrogen-bond donors (Lipinski definition) is 1. The van der Waals surface area contributed by atoms with E-state index < -0.39 is 5.54 Å². The molecule has 0 aliphatic rings. The molecule has 0 aliphatic heterocycles. The Morgan fingerprint density at radius 3 is 2.32 bits per heavy atom. The molecule has 1 nitrogen and oxygen atoms in total. The quantitative estimate of drug-likeness (QED) is 0.807. The highest BCUT2D eigenvalue weighted by Gasteiger charge is 2.22. The second-order valence-corrected chi connectivity index (χ2v) is 6.61. The van der Waals surface area contributed by atoms with Crippen LogP contribution in [-0.4, -0.2) is 0 Å². The van der Waals surface area contributed by atoms with E-state index in [0.29, 0.717) is 6.42 Å². The fourth-order valence-electron chi connectivity index (χ4n) is 1.99. The minimum Gasteiger partial charge on any atom is -0.321 e. The number of hydrogen-bond acceptors (Lipinski definition) is 1. The first-order valence-electron chi connectivity index (χ1n) is 5.87. The van der Waals surface area contributed by atoms with Gasteiger partial charge >= 0.3 is 0 Å². The van der Waals surface area contributed by atoms with Crippen LogP contribution in [0.3, 0.4) is 0 Å². The Balaban J connectivity index is 2.27. The van der Waals surface area contributed by atoms with E-state index in [9.17, 15) is 4.39 Å². The molecule has 2 aromatic carbocycles. The average molecular weight is 387 g/mol. The van der Waals surface area contributed by atoms with E-state index in [1.807, 2.05) is 31.2 Å². The summed E-state index contributed by atoms with van der Waals surface area (Å²) in [4.78, 5) is 0. The molecule has 0 fully saturated rings. The first kappa shape index (κ1) is 14.7. The number of halogens is 3.